The van der Waals surface area contributed by atoms with Gasteiger partial charge < -0.3 is 10.3 Å². The van der Waals surface area contributed by atoms with Crippen LogP contribution in [0.5, 0.6) is 0 Å². The first-order valence-corrected chi connectivity index (χ1v) is 7.99. The lowest BCUT2D eigenvalue weighted by molar-refractivity contribution is -0.112. The maximum absolute atomic E-state index is 13.7. The number of carbonyl (C=O) groups excluding carboxylic acids is 1. The van der Waals surface area contributed by atoms with Crippen molar-refractivity contribution in [1.82, 2.24) is 4.98 Å². The average molecular weight is 320 g/mol. The molecule has 0 saturated carbocycles. The molecule has 0 bridgehead atoms. The zero-order valence-electron chi connectivity index (χ0n) is 13.3. The monoisotopic (exact) mass is 320 g/mol. The van der Waals surface area contributed by atoms with Crippen LogP contribution >= 0.6 is 0 Å². The van der Waals surface area contributed by atoms with Gasteiger partial charge in [0.05, 0.1) is 5.69 Å². The van der Waals surface area contributed by atoms with Gasteiger partial charge in [0.2, 0.25) is 0 Å². The molecule has 0 radical (unpaired) electrons. The summed E-state index contributed by atoms with van der Waals surface area (Å²) in [6, 6.07) is 10.9. The Bertz CT molecular complexity index is 985. The number of nitrogens with one attached hydrogen (secondary N) is 2. The molecule has 24 heavy (non-hydrogen) atoms. The second kappa shape index (κ2) is 5.64. The number of allylic oxidation sites excluding steroid dienone is 1. The number of fused-ring (bicyclic) bond motifs is 5. The van der Waals surface area contributed by atoms with Crippen LogP contribution in [0.2, 0.25) is 0 Å². The number of benzene rings is 2. The van der Waals surface area contributed by atoms with E-state index in [1.54, 1.807) is 18.2 Å². The van der Waals surface area contributed by atoms with Gasteiger partial charge in [-0.25, -0.2) is 4.39 Å². The van der Waals surface area contributed by atoms with E-state index >= 15 is 0 Å². The Balaban J connectivity index is 1.92. The normalized spacial score (nSPS) is 13.4. The van der Waals surface area contributed by atoms with Crippen molar-refractivity contribution in [2.24, 2.45) is 0 Å². The van der Waals surface area contributed by atoms with Crippen molar-refractivity contribution in [3.05, 3.63) is 59.4 Å². The fourth-order valence-corrected chi connectivity index (χ4v) is 3.27. The van der Waals surface area contributed by atoms with E-state index in [2.05, 4.69) is 16.4 Å². The molecule has 1 aliphatic heterocycles. The number of aromatic amines is 1. The molecule has 2 aromatic carbocycles. The molecule has 4 rings (SSSR count). The number of hydrogen-bond donors (Lipinski definition) is 2. The van der Waals surface area contributed by atoms with Gasteiger partial charge in [0, 0.05) is 28.7 Å². The number of hydrogen-bond acceptors (Lipinski definition) is 2. The Morgan fingerprint density at radius 1 is 1.21 bits per heavy atom. The molecule has 0 fully saturated rings. The third-order valence-corrected chi connectivity index (χ3v) is 4.38. The zero-order chi connectivity index (χ0) is 16.7. The maximum atomic E-state index is 13.7. The molecule has 3 nitrogen and oxygen atoms in total. The Labute approximate surface area is 139 Å². The molecule has 1 aliphatic rings. The Morgan fingerprint density at radius 2 is 2.08 bits per heavy atom. The molecule has 0 saturated heterocycles. The summed E-state index contributed by atoms with van der Waals surface area (Å²) in [6.45, 7) is 2.33. The van der Waals surface area contributed by atoms with E-state index in [9.17, 15) is 9.18 Å². The van der Waals surface area contributed by atoms with Gasteiger partial charge in [0.25, 0.3) is 0 Å². The van der Waals surface area contributed by atoms with Crippen molar-refractivity contribution in [3.8, 4) is 11.3 Å². The van der Waals surface area contributed by atoms with Crippen molar-refractivity contribution in [2.75, 3.05) is 11.9 Å². The van der Waals surface area contributed by atoms with Crippen molar-refractivity contribution in [3.63, 3.8) is 0 Å². The number of carbonyl (C=O) groups is 1. The van der Waals surface area contributed by atoms with Crippen LogP contribution in [0, 0.1) is 5.82 Å². The second-order valence-electron chi connectivity index (χ2n) is 6.09. The summed E-state index contributed by atoms with van der Waals surface area (Å²) in [6.07, 6.45) is 4.20. The summed E-state index contributed by atoms with van der Waals surface area (Å²) in [5.74, 6) is -0.204. The summed E-state index contributed by atoms with van der Waals surface area (Å²) in [7, 11) is 0. The molecule has 0 unspecified atom stereocenters. The quantitative estimate of drug-likeness (QED) is 0.681. The van der Waals surface area contributed by atoms with Crippen LogP contribution in [0.25, 0.3) is 28.2 Å². The van der Waals surface area contributed by atoms with E-state index in [4.69, 9.17) is 0 Å². The molecule has 120 valence electrons. The minimum absolute atomic E-state index is 0.0184. The number of halogens is 1. The molecule has 0 atom stereocenters. The van der Waals surface area contributed by atoms with E-state index in [0.717, 1.165) is 51.9 Å². The SMILES string of the molecule is CC(=O)C=Cc1ccc2c(c1)-c1[nH]c3ccc(F)cc3c1CCN2. The van der Waals surface area contributed by atoms with E-state index < -0.39 is 0 Å². The minimum atomic E-state index is -0.222. The highest BCUT2D eigenvalue weighted by Crippen LogP contribution is 2.38. The first kappa shape index (κ1) is 14.7. The number of aromatic nitrogens is 1. The van der Waals surface area contributed by atoms with Crippen LogP contribution in [0.4, 0.5) is 10.1 Å². The molecule has 1 aromatic heterocycles. The predicted molar refractivity (Wildman–Crippen MR) is 95.6 cm³/mol. The number of H-pyrrole nitrogens is 1. The molecule has 0 spiro atoms. The Kier molecular flexibility index (Phi) is 3.45. The highest BCUT2D eigenvalue weighted by molar-refractivity contribution is 5.95. The lowest BCUT2D eigenvalue weighted by atomic mass is 10.0. The van der Waals surface area contributed by atoms with Gasteiger partial charge in [-0.3, -0.25) is 4.79 Å². The summed E-state index contributed by atoms with van der Waals surface area (Å²) >= 11 is 0. The van der Waals surface area contributed by atoms with Crippen LogP contribution in [0.15, 0.2) is 42.5 Å². The summed E-state index contributed by atoms with van der Waals surface area (Å²) < 4.78 is 13.7. The zero-order valence-corrected chi connectivity index (χ0v) is 13.3. The van der Waals surface area contributed by atoms with Crippen LogP contribution in [-0.2, 0) is 11.2 Å². The van der Waals surface area contributed by atoms with Crippen molar-refractivity contribution in [1.29, 1.82) is 0 Å². The van der Waals surface area contributed by atoms with Crippen molar-refractivity contribution in [2.45, 2.75) is 13.3 Å². The van der Waals surface area contributed by atoms with Gasteiger partial charge in [-0.2, -0.15) is 0 Å². The van der Waals surface area contributed by atoms with E-state index in [1.807, 2.05) is 18.2 Å². The molecule has 3 aromatic rings. The standard InChI is InChI=1S/C20H17FN2O/c1-12(24)2-3-13-4-6-18-17(10-13)20-15(8-9-22-18)16-11-14(21)5-7-19(16)23-20/h2-7,10-11,22-23H,8-9H2,1H3. The molecular formula is C20H17FN2O. The van der Waals surface area contributed by atoms with Crippen molar-refractivity contribution >= 4 is 28.4 Å². The van der Waals surface area contributed by atoms with E-state index in [-0.39, 0.29) is 11.6 Å². The average Bonchev–Trinajstić information content (AvgIpc) is 2.81. The second-order valence-corrected chi connectivity index (χ2v) is 6.09. The number of anilines is 1. The highest BCUT2D eigenvalue weighted by atomic mass is 19.1. The summed E-state index contributed by atoms with van der Waals surface area (Å²) in [4.78, 5) is 14.6. The lowest BCUT2D eigenvalue weighted by Crippen LogP contribution is -2.02. The summed E-state index contributed by atoms with van der Waals surface area (Å²) in [5.41, 5.74) is 6.14. The van der Waals surface area contributed by atoms with E-state index in [1.165, 1.54) is 13.0 Å². The van der Waals surface area contributed by atoms with Crippen LogP contribution in [0.3, 0.4) is 0 Å². The van der Waals surface area contributed by atoms with Crippen molar-refractivity contribution < 1.29 is 9.18 Å². The predicted octanol–water partition coefficient (Wildman–Crippen LogP) is 4.54. The smallest absolute Gasteiger partial charge is 0.152 e. The summed E-state index contributed by atoms with van der Waals surface area (Å²) in [5, 5.41) is 4.36. The van der Waals surface area contributed by atoms with Gasteiger partial charge in [-0.1, -0.05) is 12.1 Å². The third-order valence-electron chi connectivity index (χ3n) is 4.38. The first-order valence-electron chi connectivity index (χ1n) is 7.99. The lowest BCUT2D eigenvalue weighted by Gasteiger charge is -2.09. The topological polar surface area (TPSA) is 44.9 Å². The van der Waals surface area contributed by atoms with Crippen LogP contribution in [-0.4, -0.2) is 17.3 Å². The largest absolute Gasteiger partial charge is 0.384 e. The van der Waals surface area contributed by atoms with Crippen LogP contribution in [0.1, 0.15) is 18.1 Å². The fraction of sp³-hybridized carbons (Fsp3) is 0.150. The van der Waals surface area contributed by atoms with Gasteiger partial charge in [-0.05, 0) is 60.9 Å². The Hall–Kier alpha value is -2.88. The first-order chi connectivity index (χ1) is 11.6. The van der Waals surface area contributed by atoms with E-state index in [0.29, 0.717) is 0 Å². The van der Waals surface area contributed by atoms with Crippen LogP contribution < -0.4 is 5.32 Å². The molecular weight excluding hydrogens is 303 g/mol. The number of ketones is 1. The molecule has 0 aliphatic carbocycles. The third kappa shape index (κ3) is 2.50. The van der Waals surface area contributed by atoms with Gasteiger partial charge in [0.1, 0.15) is 5.82 Å². The fourth-order valence-electron chi connectivity index (χ4n) is 3.27. The highest BCUT2D eigenvalue weighted by Gasteiger charge is 2.19. The minimum Gasteiger partial charge on any atom is -0.384 e. The molecule has 2 N–H and O–H groups in total. The van der Waals surface area contributed by atoms with Gasteiger partial charge >= 0.3 is 0 Å². The molecule has 0 amide bonds. The maximum Gasteiger partial charge on any atom is 0.152 e. The van der Waals surface area contributed by atoms with Gasteiger partial charge in [-0.15, -0.1) is 0 Å². The Morgan fingerprint density at radius 3 is 2.92 bits per heavy atom. The van der Waals surface area contributed by atoms with Gasteiger partial charge in [0.15, 0.2) is 5.78 Å². The number of rotatable bonds is 2. The molecule has 2 heterocycles. The molecule has 4 heteroatoms.